The van der Waals surface area contributed by atoms with Crippen LogP contribution in [0.2, 0.25) is 0 Å². The van der Waals surface area contributed by atoms with Gasteiger partial charge in [-0.2, -0.15) is 13.2 Å². The first-order chi connectivity index (χ1) is 10.6. The summed E-state index contributed by atoms with van der Waals surface area (Å²) in [6.45, 7) is 5.70. The van der Waals surface area contributed by atoms with Crippen molar-refractivity contribution in [3.05, 3.63) is 42.0 Å². The van der Waals surface area contributed by atoms with Crippen LogP contribution in [0, 0.1) is 0 Å². The van der Waals surface area contributed by atoms with E-state index in [9.17, 15) is 22.8 Å². The maximum absolute atomic E-state index is 12.7. The van der Waals surface area contributed by atoms with Crippen molar-refractivity contribution in [2.75, 3.05) is 6.61 Å². The van der Waals surface area contributed by atoms with Gasteiger partial charge in [0.2, 0.25) is 0 Å². The van der Waals surface area contributed by atoms with Crippen molar-refractivity contribution in [1.82, 2.24) is 5.32 Å². The molecule has 0 spiro atoms. The molecule has 1 rings (SSSR count). The molecule has 1 aromatic carbocycles. The highest BCUT2D eigenvalue weighted by Crippen LogP contribution is 2.23. The van der Waals surface area contributed by atoms with E-state index in [1.54, 1.807) is 12.2 Å². The number of benzene rings is 1. The van der Waals surface area contributed by atoms with Crippen LogP contribution in [0.25, 0.3) is 0 Å². The zero-order valence-electron chi connectivity index (χ0n) is 12.3. The van der Waals surface area contributed by atoms with Gasteiger partial charge >= 0.3 is 12.1 Å². The molecule has 126 valence electrons. The number of alkyl halides is 3. The summed E-state index contributed by atoms with van der Waals surface area (Å²) in [5.41, 5.74) is 0.751. The summed E-state index contributed by atoms with van der Waals surface area (Å²) in [4.78, 5) is 22.3. The minimum Gasteiger partial charge on any atom is -0.489 e. The van der Waals surface area contributed by atoms with Gasteiger partial charge in [-0.3, -0.25) is 9.59 Å². The molecule has 23 heavy (non-hydrogen) atoms. The van der Waals surface area contributed by atoms with E-state index in [-0.39, 0.29) is 12.2 Å². The molecule has 0 unspecified atom stereocenters. The van der Waals surface area contributed by atoms with Gasteiger partial charge in [0.15, 0.2) is 0 Å². The molecule has 0 aliphatic carbocycles. The lowest BCUT2D eigenvalue weighted by molar-refractivity contribution is -0.165. The molecule has 0 saturated heterocycles. The van der Waals surface area contributed by atoms with Crippen LogP contribution < -0.4 is 10.1 Å². The lowest BCUT2D eigenvalue weighted by atomic mass is 10.1. The minimum atomic E-state index is -4.85. The summed E-state index contributed by atoms with van der Waals surface area (Å²) in [6, 6.07) is 2.98. The molecular formula is C15H16F3NO4. The molecule has 0 bridgehead atoms. The van der Waals surface area contributed by atoms with Crippen molar-refractivity contribution in [3.8, 4) is 5.75 Å². The van der Waals surface area contributed by atoms with Crippen LogP contribution in [0.5, 0.6) is 5.75 Å². The number of amides is 1. The zero-order valence-corrected chi connectivity index (χ0v) is 12.3. The standard InChI is InChI=1S/C15H16F3NO4/c1-9(2)8-23-11-5-3-10(4-6-11)14(22)19-12(7-13(20)21)15(16,17)18/h3-6,12H,1,7-8H2,2H3,(H,19,22)(H,20,21)/t12-/m1/s1. The van der Waals surface area contributed by atoms with Gasteiger partial charge in [0.1, 0.15) is 18.4 Å². The lowest BCUT2D eigenvalue weighted by Crippen LogP contribution is -2.46. The summed E-state index contributed by atoms with van der Waals surface area (Å²) in [5, 5.41) is 10.2. The van der Waals surface area contributed by atoms with Crippen LogP contribution in [0.15, 0.2) is 36.4 Å². The van der Waals surface area contributed by atoms with Crippen molar-refractivity contribution in [2.45, 2.75) is 25.6 Å². The fraction of sp³-hybridized carbons (Fsp3) is 0.333. The average molecular weight is 331 g/mol. The quantitative estimate of drug-likeness (QED) is 0.753. The summed E-state index contributed by atoms with van der Waals surface area (Å²) < 4.78 is 43.4. The maximum atomic E-state index is 12.7. The molecule has 1 atom stereocenters. The lowest BCUT2D eigenvalue weighted by Gasteiger charge is -2.20. The van der Waals surface area contributed by atoms with E-state index in [0.29, 0.717) is 5.75 Å². The number of hydrogen-bond donors (Lipinski definition) is 2. The number of aliphatic carboxylic acids is 1. The maximum Gasteiger partial charge on any atom is 0.409 e. The monoisotopic (exact) mass is 331 g/mol. The molecule has 5 nitrogen and oxygen atoms in total. The summed E-state index contributed by atoms with van der Waals surface area (Å²) in [6.07, 6.45) is -6.09. The predicted octanol–water partition coefficient (Wildman–Crippen LogP) is 2.78. The first-order valence-corrected chi connectivity index (χ1v) is 6.56. The first-order valence-electron chi connectivity index (χ1n) is 6.56. The van der Waals surface area contributed by atoms with E-state index in [1.165, 1.54) is 24.3 Å². The first kappa shape index (κ1) is 18.5. The number of carbonyl (C=O) groups is 2. The molecule has 1 amide bonds. The molecule has 0 fully saturated rings. The molecule has 0 saturated carbocycles. The molecular weight excluding hydrogens is 315 g/mol. The van der Waals surface area contributed by atoms with Crippen LogP contribution in [-0.4, -0.2) is 35.8 Å². The Kier molecular flexibility index (Phi) is 6.18. The van der Waals surface area contributed by atoms with Gasteiger partial charge < -0.3 is 15.2 Å². The van der Waals surface area contributed by atoms with E-state index in [2.05, 4.69) is 6.58 Å². The smallest absolute Gasteiger partial charge is 0.409 e. The Bertz CT molecular complexity index is 581. The van der Waals surface area contributed by atoms with Gasteiger partial charge in [-0.25, -0.2) is 0 Å². The van der Waals surface area contributed by atoms with Crippen molar-refractivity contribution < 1.29 is 32.6 Å². The molecule has 0 aliphatic rings. The van der Waals surface area contributed by atoms with Gasteiger partial charge in [0.05, 0.1) is 6.42 Å². The molecule has 8 heteroatoms. The largest absolute Gasteiger partial charge is 0.489 e. The fourth-order valence-electron chi connectivity index (χ4n) is 1.57. The van der Waals surface area contributed by atoms with Gasteiger partial charge in [-0.1, -0.05) is 6.58 Å². The highest BCUT2D eigenvalue weighted by molar-refractivity contribution is 5.94. The van der Waals surface area contributed by atoms with Crippen molar-refractivity contribution in [1.29, 1.82) is 0 Å². The molecule has 1 aromatic rings. The molecule has 0 aromatic heterocycles. The van der Waals surface area contributed by atoms with E-state index in [1.807, 2.05) is 0 Å². The number of carboxylic acid groups (broad SMARTS) is 1. The van der Waals surface area contributed by atoms with Crippen molar-refractivity contribution in [3.63, 3.8) is 0 Å². The Balaban J connectivity index is 2.75. The Hall–Kier alpha value is -2.51. The van der Waals surface area contributed by atoms with Crippen molar-refractivity contribution >= 4 is 11.9 Å². The highest BCUT2D eigenvalue weighted by Gasteiger charge is 2.42. The van der Waals surface area contributed by atoms with Gasteiger partial charge in [0, 0.05) is 5.56 Å². The van der Waals surface area contributed by atoms with E-state index >= 15 is 0 Å². The normalized spacial score (nSPS) is 12.3. The Morgan fingerprint density at radius 1 is 1.30 bits per heavy atom. The van der Waals surface area contributed by atoms with Crippen molar-refractivity contribution in [2.24, 2.45) is 0 Å². The molecule has 0 heterocycles. The third kappa shape index (κ3) is 6.41. The molecule has 0 radical (unpaired) electrons. The number of hydrogen-bond acceptors (Lipinski definition) is 3. The van der Waals surface area contributed by atoms with E-state index in [0.717, 1.165) is 5.57 Å². The average Bonchev–Trinajstić information content (AvgIpc) is 2.43. The number of carbonyl (C=O) groups excluding carboxylic acids is 1. The highest BCUT2D eigenvalue weighted by atomic mass is 19.4. The topological polar surface area (TPSA) is 75.6 Å². The fourth-order valence-corrected chi connectivity index (χ4v) is 1.57. The number of rotatable bonds is 7. The Morgan fingerprint density at radius 2 is 1.87 bits per heavy atom. The SMILES string of the molecule is C=C(C)COc1ccc(C(=O)N[C@H](CC(=O)O)C(F)(F)F)cc1. The van der Waals surface area contributed by atoms with Gasteiger partial charge in [0.25, 0.3) is 5.91 Å². The molecule has 2 N–H and O–H groups in total. The number of ether oxygens (including phenoxy) is 1. The van der Waals surface area contributed by atoms with Crippen LogP contribution >= 0.6 is 0 Å². The second-order valence-corrected chi connectivity index (χ2v) is 4.94. The minimum absolute atomic E-state index is 0.0349. The second-order valence-electron chi connectivity index (χ2n) is 4.94. The zero-order chi connectivity index (χ0) is 17.6. The van der Waals surface area contributed by atoms with Gasteiger partial charge in [-0.05, 0) is 36.8 Å². The number of nitrogens with one attached hydrogen (secondary N) is 1. The third-order valence-corrected chi connectivity index (χ3v) is 2.68. The van der Waals surface area contributed by atoms with E-state index in [4.69, 9.17) is 9.84 Å². The Labute approximate surface area is 130 Å². The third-order valence-electron chi connectivity index (χ3n) is 2.68. The van der Waals surface area contributed by atoms with E-state index < -0.39 is 30.5 Å². The second kappa shape index (κ2) is 7.66. The van der Waals surface area contributed by atoms with Crippen LogP contribution in [-0.2, 0) is 4.79 Å². The predicted molar refractivity (Wildman–Crippen MR) is 76.3 cm³/mol. The molecule has 0 aliphatic heterocycles. The number of carboxylic acids is 1. The number of halogens is 3. The summed E-state index contributed by atoms with van der Waals surface area (Å²) >= 11 is 0. The summed E-state index contributed by atoms with van der Waals surface area (Å²) in [5.74, 6) is -2.24. The van der Waals surface area contributed by atoms with Gasteiger partial charge in [-0.15, -0.1) is 0 Å². The Morgan fingerprint density at radius 3 is 2.30 bits per heavy atom. The van der Waals surface area contributed by atoms with Crippen LogP contribution in [0.4, 0.5) is 13.2 Å². The van der Waals surface area contributed by atoms with Crippen LogP contribution in [0.1, 0.15) is 23.7 Å². The summed E-state index contributed by atoms with van der Waals surface area (Å²) in [7, 11) is 0. The van der Waals surface area contributed by atoms with Crippen LogP contribution in [0.3, 0.4) is 0 Å².